The first-order chi connectivity index (χ1) is 11.6. The van der Waals surface area contributed by atoms with Crippen molar-refractivity contribution in [1.29, 1.82) is 0 Å². The van der Waals surface area contributed by atoms with E-state index in [1.165, 1.54) is 12.8 Å². The second kappa shape index (κ2) is 10.4. The van der Waals surface area contributed by atoms with Gasteiger partial charge in [0.15, 0.2) is 0 Å². The fourth-order valence-corrected chi connectivity index (χ4v) is 3.72. The monoisotopic (exact) mass is 339 g/mol. The van der Waals surface area contributed by atoms with Gasteiger partial charge >= 0.3 is 0 Å². The van der Waals surface area contributed by atoms with Crippen LogP contribution in [0, 0.1) is 5.92 Å². The molecular weight excluding hydrogens is 302 g/mol. The Morgan fingerprint density at radius 1 is 1.08 bits per heavy atom. The average molecular weight is 340 g/mol. The molecule has 0 aromatic carbocycles. The predicted molar refractivity (Wildman–Crippen MR) is 98.2 cm³/mol. The summed E-state index contributed by atoms with van der Waals surface area (Å²) in [6.45, 7) is 15.0. The number of hydrogen-bond donors (Lipinski definition) is 0. The van der Waals surface area contributed by atoms with Gasteiger partial charge in [-0.3, -0.25) is 14.6 Å². The topological polar surface area (TPSA) is 36.0 Å². The molecule has 5 nitrogen and oxygen atoms in total. The summed E-state index contributed by atoms with van der Waals surface area (Å²) in [6, 6.07) is 0.692. The first kappa shape index (κ1) is 19.7. The van der Waals surface area contributed by atoms with Gasteiger partial charge in [0, 0.05) is 51.9 Å². The molecule has 24 heavy (non-hydrogen) atoms. The molecule has 1 atom stereocenters. The van der Waals surface area contributed by atoms with Crippen LogP contribution in [-0.2, 0) is 9.53 Å². The number of hydrogen-bond acceptors (Lipinski definition) is 4. The van der Waals surface area contributed by atoms with E-state index in [9.17, 15) is 4.79 Å². The van der Waals surface area contributed by atoms with Crippen LogP contribution in [0.25, 0.3) is 0 Å². The second-order valence-electron chi connectivity index (χ2n) is 7.42. The molecule has 1 unspecified atom stereocenters. The Hall–Kier alpha value is -0.650. The van der Waals surface area contributed by atoms with Crippen LogP contribution >= 0.6 is 0 Å². The third-order valence-corrected chi connectivity index (χ3v) is 5.94. The zero-order valence-corrected chi connectivity index (χ0v) is 16.0. The van der Waals surface area contributed by atoms with Crippen LogP contribution in [-0.4, -0.2) is 85.7 Å². The normalized spacial score (nSPS) is 22.7. The standard InChI is InChI=1S/C19H37N3O2/c1-4-17(3)21-12-10-20(11-13-21)14-15-24-16-19(23)22-8-6-18(5-2)7-9-22/h17-18H,4-16H2,1-3H3. The number of piperidine rings is 1. The Morgan fingerprint density at radius 2 is 1.75 bits per heavy atom. The Balaban J connectivity index is 1.53. The van der Waals surface area contributed by atoms with Crippen LogP contribution in [0.4, 0.5) is 0 Å². The summed E-state index contributed by atoms with van der Waals surface area (Å²) in [4.78, 5) is 19.2. The van der Waals surface area contributed by atoms with Crippen LogP contribution in [0.1, 0.15) is 46.5 Å². The molecule has 0 aromatic rings. The number of rotatable bonds is 8. The maximum atomic E-state index is 12.2. The molecule has 0 aliphatic carbocycles. The van der Waals surface area contributed by atoms with Crippen LogP contribution in [0.15, 0.2) is 0 Å². The van der Waals surface area contributed by atoms with E-state index in [2.05, 4.69) is 30.6 Å². The van der Waals surface area contributed by atoms with Crippen molar-refractivity contribution in [2.45, 2.75) is 52.5 Å². The Labute approximate surface area is 148 Å². The van der Waals surface area contributed by atoms with Gasteiger partial charge in [-0.1, -0.05) is 20.3 Å². The number of carbonyl (C=O) groups is 1. The van der Waals surface area contributed by atoms with E-state index in [1.807, 2.05) is 4.90 Å². The van der Waals surface area contributed by atoms with E-state index in [0.717, 1.165) is 64.6 Å². The minimum atomic E-state index is 0.172. The van der Waals surface area contributed by atoms with Gasteiger partial charge in [0.25, 0.3) is 0 Å². The number of nitrogens with zero attached hydrogens (tertiary/aromatic N) is 3. The molecule has 0 saturated carbocycles. The molecule has 1 amide bonds. The van der Waals surface area contributed by atoms with E-state index in [4.69, 9.17) is 4.74 Å². The molecule has 2 aliphatic heterocycles. The molecule has 2 fully saturated rings. The molecule has 2 rings (SSSR count). The highest BCUT2D eigenvalue weighted by Gasteiger charge is 2.22. The third-order valence-electron chi connectivity index (χ3n) is 5.94. The number of likely N-dealkylation sites (tertiary alicyclic amines) is 1. The summed E-state index contributed by atoms with van der Waals surface area (Å²) < 4.78 is 5.65. The van der Waals surface area contributed by atoms with Gasteiger partial charge in [0.05, 0.1) is 6.61 Å². The Kier molecular flexibility index (Phi) is 8.50. The molecule has 0 bridgehead atoms. The average Bonchev–Trinajstić information content (AvgIpc) is 2.65. The highest BCUT2D eigenvalue weighted by atomic mass is 16.5. The van der Waals surface area contributed by atoms with Crippen LogP contribution in [0.5, 0.6) is 0 Å². The number of ether oxygens (including phenoxy) is 1. The lowest BCUT2D eigenvalue weighted by atomic mass is 9.94. The fraction of sp³-hybridized carbons (Fsp3) is 0.947. The maximum Gasteiger partial charge on any atom is 0.248 e. The van der Waals surface area contributed by atoms with Gasteiger partial charge in [-0.25, -0.2) is 0 Å². The fourth-order valence-electron chi connectivity index (χ4n) is 3.72. The minimum Gasteiger partial charge on any atom is -0.370 e. The zero-order valence-electron chi connectivity index (χ0n) is 16.0. The molecule has 2 aliphatic rings. The number of piperazine rings is 1. The number of carbonyl (C=O) groups excluding carboxylic acids is 1. The Morgan fingerprint density at radius 3 is 2.33 bits per heavy atom. The molecule has 0 radical (unpaired) electrons. The van der Waals surface area contributed by atoms with Gasteiger partial charge in [0.2, 0.25) is 5.91 Å². The third kappa shape index (κ3) is 6.01. The SMILES string of the molecule is CCC1CCN(C(=O)COCCN2CCN(C(C)CC)CC2)CC1. The molecule has 2 heterocycles. The van der Waals surface area contributed by atoms with Crippen LogP contribution < -0.4 is 0 Å². The van der Waals surface area contributed by atoms with Gasteiger partial charge in [-0.2, -0.15) is 0 Å². The summed E-state index contributed by atoms with van der Waals surface area (Å²) >= 11 is 0. The van der Waals surface area contributed by atoms with Crippen molar-refractivity contribution in [3.8, 4) is 0 Å². The summed E-state index contributed by atoms with van der Waals surface area (Å²) in [5.41, 5.74) is 0. The zero-order chi connectivity index (χ0) is 17.4. The maximum absolute atomic E-state index is 12.2. The molecular formula is C19H37N3O2. The largest absolute Gasteiger partial charge is 0.370 e. The highest BCUT2D eigenvalue weighted by molar-refractivity contribution is 5.77. The van der Waals surface area contributed by atoms with Crippen molar-refractivity contribution in [3.63, 3.8) is 0 Å². The van der Waals surface area contributed by atoms with Crippen molar-refractivity contribution >= 4 is 5.91 Å². The molecule has 140 valence electrons. The molecule has 2 saturated heterocycles. The Bertz CT molecular complexity index is 362. The van der Waals surface area contributed by atoms with E-state index < -0.39 is 0 Å². The minimum absolute atomic E-state index is 0.172. The van der Waals surface area contributed by atoms with Gasteiger partial charge in [-0.05, 0) is 32.1 Å². The summed E-state index contributed by atoms with van der Waals surface area (Å²) in [7, 11) is 0. The van der Waals surface area contributed by atoms with Crippen LogP contribution in [0.2, 0.25) is 0 Å². The van der Waals surface area contributed by atoms with Gasteiger partial charge < -0.3 is 9.64 Å². The lowest BCUT2D eigenvalue weighted by Gasteiger charge is -2.37. The lowest BCUT2D eigenvalue weighted by Crippen LogP contribution is -2.50. The lowest BCUT2D eigenvalue weighted by molar-refractivity contribution is -0.137. The van der Waals surface area contributed by atoms with E-state index in [1.54, 1.807) is 0 Å². The van der Waals surface area contributed by atoms with Crippen molar-refractivity contribution < 1.29 is 9.53 Å². The van der Waals surface area contributed by atoms with Gasteiger partial charge in [-0.15, -0.1) is 0 Å². The summed E-state index contributed by atoms with van der Waals surface area (Å²) in [5, 5.41) is 0. The highest BCUT2D eigenvalue weighted by Crippen LogP contribution is 2.19. The van der Waals surface area contributed by atoms with E-state index in [-0.39, 0.29) is 12.5 Å². The van der Waals surface area contributed by atoms with Gasteiger partial charge in [0.1, 0.15) is 6.61 Å². The van der Waals surface area contributed by atoms with E-state index >= 15 is 0 Å². The first-order valence-corrected chi connectivity index (χ1v) is 9.95. The van der Waals surface area contributed by atoms with Crippen molar-refractivity contribution in [2.75, 3.05) is 59.0 Å². The molecule has 0 aromatic heterocycles. The summed E-state index contributed by atoms with van der Waals surface area (Å²) in [5.74, 6) is 0.982. The molecule has 0 N–H and O–H groups in total. The summed E-state index contributed by atoms with van der Waals surface area (Å²) in [6.07, 6.45) is 4.77. The molecule has 5 heteroatoms. The first-order valence-electron chi connectivity index (χ1n) is 9.95. The second-order valence-corrected chi connectivity index (χ2v) is 7.42. The predicted octanol–water partition coefficient (Wildman–Crippen LogP) is 2.07. The quantitative estimate of drug-likeness (QED) is 0.634. The van der Waals surface area contributed by atoms with Crippen LogP contribution in [0.3, 0.4) is 0 Å². The van der Waals surface area contributed by atoms with Crippen molar-refractivity contribution in [2.24, 2.45) is 5.92 Å². The van der Waals surface area contributed by atoms with E-state index in [0.29, 0.717) is 12.6 Å². The number of amides is 1. The smallest absolute Gasteiger partial charge is 0.248 e. The van der Waals surface area contributed by atoms with Crippen molar-refractivity contribution in [3.05, 3.63) is 0 Å². The molecule has 0 spiro atoms. The van der Waals surface area contributed by atoms with Crippen molar-refractivity contribution in [1.82, 2.24) is 14.7 Å².